The quantitative estimate of drug-likeness (QED) is 0.880. The van der Waals surface area contributed by atoms with E-state index in [2.05, 4.69) is 0 Å². The third-order valence-corrected chi connectivity index (χ3v) is 2.94. The highest BCUT2D eigenvalue weighted by Crippen LogP contribution is 2.14. The molecule has 1 unspecified atom stereocenters. The van der Waals surface area contributed by atoms with Crippen LogP contribution < -0.4 is 9.64 Å². The molecular formula is C16H18FNO2. The minimum atomic E-state index is -0.620. The van der Waals surface area contributed by atoms with Gasteiger partial charge in [-0.25, -0.2) is 4.39 Å². The Labute approximate surface area is 118 Å². The Morgan fingerprint density at radius 2 is 1.75 bits per heavy atom. The first-order chi connectivity index (χ1) is 9.65. The molecule has 0 amide bonds. The predicted octanol–water partition coefficient (Wildman–Crippen LogP) is 2.70. The number of anilines is 1. The maximum atomic E-state index is 12.8. The van der Waals surface area contributed by atoms with Crippen molar-refractivity contribution >= 4 is 5.69 Å². The maximum Gasteiger partial charge on any atom is 0.123 e. The summed E-state index contributed by atoms with van der Waals surface area (Å²) in [5.41, 5.74) is 0.852. The fourth-order valence-electron chi connectivity index (χ4n) is 1.88. The summed E-state index contributed by atoms with van der Waals surface area (Å²) < 4.78 is 18.3. The first-order valence-corrected chi connectivity index (χ1v) is 6.48. The molecule has 0 aliphatic rings. The lowest BCUT2D eigenvalue weighted by Gasteiger charge is -2.22. The third-order valence-electron chi connectivity index (χ3n) is 2.94. The number of nitrogens with zero attached hydrogens (tertiary/aromatic N) is 1. The third kappa shape index (κ3) is 4.24. The molecule has 1 N–H and O–H groups in total. The Morgan fingerprint density at radius 3 is 2.40 bits per heavy atom. The van der Waals surface area contributed by atoms with Crippen LogP contribution in [0.3, 0.4) is 0 Å². The van der Waals surface area contributed by atoms with E-state index in [0.717, 1.165) is 11.4 Å². The van der Waals surface area contributed by atoms with Gasteiger partial charge in [-0.2, -0.15) is 0 Å². The van der Waals surface area contributed by atoms with Crippen LogP contribution in [-0.4, -0.2) is 31.4 Å². The largest absolute Gasteiger partial charge is 0.491 e. The highest BCUT2D eigenvalue weighted by molar-refractivity contribution is 5.45. The average Bonchev–Trinajstić information content (AvgIpc) is 2.47. The SMILES string of the molecule is CN(CC(O)COc1ccccc1)c1ccc(F)cc1. The molecular weight excluding hydrogens is 257 g/mol. The van der Waals surface area contributed by atoms with E-state index in [1.165, 1.54) is 12.1 Å². The van der Waals surface area contributed by atoms with Crippen molar-refractivity contribution in [3.05, 3.63) is 60.4 Å². The Morgan fingerprint density at radius 1 is 1.10 bits per heavy atom. The Hall–Kier alpha value is -2.07. The number of rotatable bonds is 6. The summed E-state index contributed by atoms with van der Waals surface area (Å²) in [6.07, 6.45) is -0.620. The molecule has 0 fully saturated rings. The monoisotopic (exact) mass is 275 g/mol. The van der Waals surface area contributed by atoms with Gasteiger partial charge in [0.15, 0.2) is 0 Å². The van der Waals surface area contributed by atoms with Gasteiger partial charge < -0.3 is 14.7 Å². The molecule has 1 atom stereocenters. The number of hydrogen-bond donors (Lipinski definition) is 1. The van der Waals surface area contributed by atoms with E-state index in [1.54, 1.807) is 12.1 Å². The zero-order chi connectivity index (χ0) is 14.4. The minimum absolute atomic E-state index is 0.218. The topological polar surface area (TPSA) is 32.7 Å². The van der Waals surface area contributed by atoms with Crippen LogP contribution in [0.15, 0.2) is 54.6 Å². The lowest BCUT2D eigenvalue weighted by Crippen LogP contribution is -2.33. The van der Waals surface area contributed by atoms with Gasteiger partial charge in [0.1, 0.15) is 24.3 Å². The van der Waals surface area contributed by atoms with Gasteiger partial charge in [-0.15, -0.1) is 0 Å². The molecule has 0 saturated heterocycles. The number of benzene rings is 2. The van der Waals surface area contributed by atoms with E-state index in [4.69, 9.17) is 4.74 Å². The number of hydrogen-bond acceptors (Lipinski definition) is 3. The van der Waals surface area contributed by atoms with Crippen molar-refractivity contribution < 1.29 is 14.2 Å². The van der Waals surface area contributed by atoms with E-state index in [-0.39, 0.29) is 12.4 Å². The van der Waals surface area contributed by atoms with Gasteiger partial charge >= 0.3 is 0 Å². The van der Waals surface area contributed by atoms with Crippen molar-refractivity contribution in [2.24, 2.45) is 0 Å². The fraction of sp³-hybridized carbons (Fsp3) is 0.250. The summed E-state index contributed by atoms with van der Waals surface area (Å²) in [4.78, 5) is 1.86. The van der Waals surface area contributed by atoms with Gasteiger partial charge in [0.05, 0.1) is 0 Å². The Kier molecular flexibility index (Phi) is 4.96. The molecule has 20 heavy (non-hydrogen) atoms. The first kappa shape index (κ1) is 14.3. The van der Waals surface area contributed by atoms with E-state index < -0.39 is 6.10 Å². The predicted molar refractivity (Wildman–Crippen MR) is 77.6 cm³/mol. The number of para-hydroxylation sites is 1. The van der Waals surface area contributed by atoms with Crippen LogP contribution in [0, 0.1) is 5.82 Å². The van der Waals surface area contributed by atoms with Gasteiger partial charge in [-0.1, -0.05) is 18.2 Å². The molecule has 0 spiro atoms. The number of ether oxygens (including phenoxy) is 1. The Balaban J connectivity index is 1.82. The van der Waals surface area contributed by atoms with Crippen LogP contribution in [0.5, 0.6) is 5.75 Å². The number of likely N-dealkylation sites (N-methyl/N-ethyl adjacent to an activating group) is 1. The van der Waals surface area contributed by atoms with Crippen molar-refractivity contribution in [1.82, 2.24) is 0 Å². The molecule has 2 rings (SSSR count). The van der Waals surface area contributed by atoms with Gasteiger partial charge in [-0.3, -0.25) is 0 Å². The van der Waals surface area contributed by atoms with Gasteiger partial charge in [0.25, 0.3) is 0 Å². The molecule has 0 radical (unpaired) electrons. The van der Waals surface area contributed by atoms with Gasteiger partial charge in [0, 0.05) is 19.3 Å². The van der Waals surface area contributed by atoms with Crippen molar-refractivity contribution in [2.45, 2.75) is 6.10 Å². The summed E-state index contributed by atoms with van der Waals surface area (Å²) >= 11 is 0. The molecule has 0 bridgehead atoms. The average molecular weight is 275 g/mol. The minimum Gasteiger partial charge on any atom is -0.491 e. The smallest absolute Gasteiger partial charge is 0.123 e. The fourth-order valence-corrected chi connectivity index (χ4v) is 1.88. The zero-order valence-corrected chi connectivity index (χ0v) is 11.4. The molecule has 2 aromatic rings. The lowest BCUT2D eigenvalue weighted by molar-refractivity contribution is 0.113. The normalized spacial score (nSPS) is 11.9. The first-order valence-electron chi connectivity index (χ1n) is 6.48. The number of aliphatic hydroxyl groups is 1. The van der Waals surface area contributed by atoms with Crippen molar-refractivity contribution in [1.29, 1.82) is 0 Å². The van der Waals surface area contributed by atoms with Crippen LogP contribution in [0.2, 0.25) is 0 Å². The van der Waals surface area contributed by atoms with Gasteiger partial charge in [0.2, 0.25) is 0 Å². The van der Waals surface area contributed by atoms with Crippen LogP contribution >= 0.6 is 0 Å². The van der Waals surface area contributed by atoms with Crippen LogP contribution in [-0.2, 0) is 0 Å². The van der Waals surface area contributed by atoms with Crippen LogP contribution in [0.4, 0.5) is 10.1 Å². The molecule has 0 saturated carbocycles. The van der Waals surface area contributed by atoms with E-state index in [9.17, 15) is 9.50 Å². The molecule has 0 aromatic heterocycles. The summed E-state index contributed by atoms with van der Waals surface area (Å²) in [5, 5.41) is 9.96. The van der Waals surface area contributed by atoms with Crippen molar-refractivity contribution in [3.8, 4) is 5.75 Å². The molecule has 3 nitrogen and oxygen atoms in total. The summed E-state index contributed by atoms with van der Waals surface area (Å²) in [5.74, 6) is 0.464. The second-order valence-corrected chi connectivity index (χ2v) is 4.63. The van der Waals surface area contributed by atoms with E-state index >= 15 is 0 Å². The number of aliphatic hydroxyl groups excluding tert-OH is 1. The second kappa shape index (κ2) is 6.91. The van der Waals surface area contributed by atoms with Crippen LogP contribution in [0.25, 0.3) is 0 Å². The number of halogens is 1. The zero-order valence-electron chi connectivity index (χ0n) is 11.4. The highest BCUT2D eigenvalue weighted by Gasteiger charge is 2.10. The standard InChI is InChI=1S/C16H18FNO2/c1-18(14-9-7-13(17)8-10-14)11-15(19)12-20-16-5-3-2-4-6-16/h2-10,15,19H,11-12H2,1H3. The second-order valence-electron chi connectivity index (χ2n) is 4.63. The molecule has 0 aliphatic heterocycles. The molecule has 0 heterocycles. The molecule has 106 valence electrons. The summed E-state index contributed by atoms with van der Waals surface area (Å²) in [7, 11) is 1.85. The highest BCUT2D eigenvalue weighted by atomic mass is 19.1. The van der Waals surface area contributed by atoms with Crippen molar-refractivity contribution in [3.63, 3.8) is 0 Å². The summed E-state index contributed by atoms with van der Waals surface area (Å²) in [6.45, 7) is 0.633. The lowest BCUT2D eigenvalue weighted by atomic mass is 10.2. The van der Waals surface area contributed by atoms with E-state index in [1.807, 2.05) is 42.3 Å². The van der Waals surface area contributed by atoms with E-state index in [0.29, 0.717) is 6.54 Å². The van der Waals surface area contributed by atoms with Gasteiger partial charge in [-0.05, 0) is 36.4 Å². The molecule has 2 aromatic carbocycles. The summed E-state index contributed by atoms with van der Waals surface area (Å²) in [6, 6.07) is 15.5. The molecule has 0 aliphatic carbocycles. The van der Waals surface area contributed by atoms with Crippen molar-refractivity contribution in [2.75, 3.05) is 25.1 Å². The molecule has 4 heteroatoms. The maximum absolute atomic E-state index is 12.8. The van der Waals surface area contributed by atoms with Crippen LogP contribution in [0.1, 0.15) is 0 Å². The Bertz CT molecular complexity index is 516.